The summed E-state index contributed by atoms with van der Waals surface area (Å²) in [5, 5.41) is 10.8. The molecular weight excluding hydrogens is 527 g/mol. The number of esters is 1. The minimum absolute atomic E-state index is 0. The number of hydrogen-bond donors (Lipinski definition) is 3. The molecule has 2 rings (SSSR count). The molecule has 0 aliphatic rings. The van der Waals surface area contributed by atoms with Crippen LogP contribution in [-0.2, 0) is 4.74 Å². The highest BCUT2D eigenvalue weighted by atomic mass is 127. The molecule has 1 atom stereocenters. The predicted octanol–water partition coefficient (Wildman–Crippen LogP) is 4.15. The van der Waals surface area contributed by atoms with E-state index in [0.29, 0.717) is 17.2 Å². The molecule has 0 aliphatic carbocycles. The number of carbonyl (C=O) groups excluding carboxylic acids is 1. The van der Waals surface area contributed by atoms with Crippen molar-refractivity contribution in [2.75, 3.05) is 31.6 Å². The van der Waals surface area contributed by atoms with Crippen molar-refractivity contribution in [3.63, 3.8) is 0 Å². The first kappa shape index (κ1) is 27.1. The molecule has 2 aromatic heterocycles. The molecule has 2 heterocycles. The molecule has 0 saturated carbocycles. The van der Waals surface area contributed by atoms with E-state index in [2.05, 4.69) is 30.9 Å². The van der Waals surface area contributed by atoms with Crippen molar-refractivity contribution in [3.8, 4) is 0 Å². The van der Waals surface area contributed by atoms with Crippen molar-refractivity contribution >= 4 is 53.1 Å². The number of thiazole rings is 1. The van der Waals surface area contributed by atoms with Gasteiger partial charge in [-0.1, -0.05) is 6.07 Å². The Morgan fingerprint density at radius 2 is 2.10 bits per heavy atom. The van der Waals surface area contributed by atoms with E-state index in [1.165, 1.54) is 11.3 Å². The Hall–Kier alpha value is -1.95. The van der Waals surface area contributed by atoms with Gasteiger partial charge in [0.15, 0.2) is 5.96 Å². The van der Waals surface area contributed by atoms with Crippen LogP contribution in [0.3, 0.4) is 0 Å². The first-order chi connectivity index (χ1) is 14.5. The van der Waals surface area contributed by atoms with E-state index >= 15 is 0 Å². The Morgan fingerprint density at radius 3 is 2.77 bits per heavy atom. The minimum atomic E-state index is -0.314. The summed E-state index contributed by atoms with van der Waals surface area (Å²) in [5.41, 5.74) is 0.699. The summed E-state index contributed by atoms with van der Waals surface area (Å²) in [5.74, 6) is 1.32. The largest absolute Gasteiger partial charge is 0.462 e. The van der Waals surface area contributed by atoms with Crippen LogP contribution < -0.4 is 16.0 Å². The van der Waals surface area contributed by atoms with E-state index in [1.54, 1.807) is 13.1 Å². The van der Waals surface area contributed by atoms with Gasteiger partial charge < -0.3 is 20.7 Å². The normalized spacial score (nSPS) is 11.9. The predicted molar refractivity (Wildman–Crippen MR) is 138 cm³/mol. The summed E-state index contributed by atoms with van der Waals surface area (Å²) in [6, 6.07) is 5.76. The molecule has 0 saturated heterocycles. The van der Waals surface area contributed by atoms with Gasteiger partial charge in [0, 0.05) is 25.8 Å². The third-order valence-corrected chi connectivity index (χ3v) is 5.49. The Kier molecular flexibility index (Phi) is 13.1. The number of anilines is 1. The number of nitrogens with zero attached hydrogens (tertiary/aromatic N) is 3. The number of ether oxygens (including phenoxy) is 1. The number of carbonyl (C=O) groups is 1. The zero-order valence-electron chi connectivity index (χ0n) is 18.6. The Bertz CT molecular complexity index is 815. The van der Waals surface area contributed by atoms with Crippen LogP contribution in [0.25, 0.3) is 0 Å². The van der Waals surface area contributed by atoms with Crippen molar-refractivity contribution in [2.45, 2.75) is 46.6 Å². The second-order valence-electron chi connectivity index (χ2n) is 6.66. The van der Waals surface area contributed by atoms with Gasteiger partial charge >= 0.3 is 5.97 Å². The maximum Gasteiger partial charge on any atom is 0.350 e. The molecule has 0 aliphatic heterocycles. The summed E-state index contributed by atoms with van der Waals surface area (Å²) in [6.45, 7) is 10.4. The third-order valence-electron chi connectivity index (χ3n) is 4.17. The highest BCUT2D eigenvalue weighted by Gasteiger charge is 2.20. The van der Waals surface area contributed by atoms with E-state index in [9.17, 15) is 4.79 Å². The number of aliphatic imine (C=N–C) groups is 1. The molecule has 2 aromatic rings. The molecule has 31 heavy (non-hydrogen) atoms. The first-order valence-corrected chi connectivity index (χ1v) is 11.2. The molecule has 3 N–H and O–H groups in total. The van der Waals surface area contributed by atoms with Crippen LogP contribution in [0.2, 0.25) is 0 Å². The molecule has 10 heteroatoms. The summed E-state index contributed by atoms with van der Waals surface area (Å²) in [7, 11) is 0. The quantitative estimate of drug-likeness (QED) is 0.125. The van der Waals surface area contributed by atoms with Crippen LogP contribution in [-0.4, -0.2) is 48.1 Å². The van der Waals surface area contributed by atoms with E-state index in [-0.39, 0.29) is 36.0 Å². The lowest BCUT2D eigenvalue weighted by molar-refractivity contribution is 0.0531. The van der Waals surface area contributed by atoms with Gasteiger partial charge in [0.2, 0.25) is 0 Å². The molecule has 0 aromatic carbocycles. The SMILES string of the molecule is CCNC(=NCCCCNc1ccccn1)NC(C)c1nc(C)c(C(=O)OCC)s1.I. The Morgan fingerprint density at radius 1 is 1.29 bits per heavy atom. The fourth-order valence-corrected chi connectivity index (χ4v) is 3.65. The fraction of sp³-hybridized carbons (Fsp3) is 0.524. The van der Waals surface area contributed by atoms with Gasteiger partial charge in [-0.25, -0.2) is 14.8 Å². The summed E-state index contributed by atoms with van der Waals surface area (Å²) in [4.78, 5) is 26.0. The second kappa shape index (κ2) is 15.0. The number of nitrogens with one attached hydrogen (secondary N) is 3. The number of aryl methyl sites for hydroxylation is 1. The molecule has 8 nitrogen and oxygen atoms in total. The molecular formula is C21H33IN6O2S. The zero-order chi connectivity index (χ0) is 21.8. The average Bonchev–Trinajstić information content (AvgIpc) is 3.13. The number of unbranched alkanes of at least 4 members (excludes halogenated alkanes) is 1. The van der Waals surface area contributed by atoms with Crippen molar-refractivity contribution in [3.05, 3.63) is 40.0 Å². The van der Waals surface area contributed by atoms with Crippen molar-refractivity contribution in [1.82, 2.24) is 20.6 Å². The van der Waals surface area contributed by atoms with Gasteiger partial charge in [-0.2, -0.15) is 0 Å². The summed E-state index contributed by atoms with van der Waals surface area (Å²) < 4.78 is 5.10. The van der Waals surface area contributed by atoms with Crippen molar-refractivity contribution in [1.29, 1.82) is 0 Å². The molecule has 0 bridgehead atoms. The lowest BCUT2D eigenvalue weighted by Gasteiger charge is -2.16. The van der Waals surface area contributed by atoms with E-state index in [0.717, 1.165) is 49.3 Å². The van der Waals surface area contributed by atoms with E-state index < -0.39 is 0 Å². The number of guanidine groups is 1. The average molecular weight is 561 g/mol. The van der Waals surface area contributed by atoms with E-state index in [1.807, 2.05) is 39.0 Å². The maximum atomic E-state index is 12.0. The summed E-state index contributed by atoms with van der Waals surface area (Å²) in [6.07, 6.45) is 3.75. The lowest BCUT2D eigenvalue weighted by atomic mass is 10.3. The van der Waals surface area contributed by atoms with Gasteiger partial charge in [-0.15, -0.1) is 35.3 Å². The standard InChI is InChI=1S/C21H32N6O2S.HI/c1-5-22-21(25-14-10-9-13-24-17-11-7-8-12-23-17)27-16(4)19-26-15(3)18(30-19)20(28)29-6-2;/h7-8,11-12,16H,5-6,9-10,13-14H2,1-4H3,(H,23,24)(H2,22,25,27);1H. The zero-order valence-corrected chi connectivity index (χ0v) is 21.8. The molecule has 0 spiro atoms. The lowest BCUT2D eigenvalue weighted by Crippen LogP contribution is -2.38. The number of rotatable bonds is 11. The molecule has 172 valence electrons. The number of hydrogen-bond acceptors (Lipinski definition) is 7. The smallest absolute Gasteiger partial charge is 0.350 e. The van der Waals surface area contributed by atoms with Gasteiger partial charge in [0.1, 0.15) is 15.7 Å². The van der Waals surface area contributed by atoms with Crippen LogP contribution in [0.5, 0.6) is 0 Å². The van der Waals surface area contributed by atoms with Gasteiger partial charge in [-0.05, 0) is 52.7 Å². The number of halogens is 1. The van der Waals surface area contributed by atoms with Crippen LogP contribution in [0.4, 0.5) is 5.82 Å². The highest BCUT2D eigenvalue weighted by Crippen LogP contribution is 2.24. The monoisotopic (exact) mass is 560 g/mol. The van der Waals surface area contributed by atoms with Gasteiger partial charge in [-0.3, -0.25) is 4.99 Å². The van der Waals surface area contributed by atoms with Crippen molar-refractivity contribution in [2.24, 2.45) is 4.99 Å². The van der Waals surface area contributed by atoms with Gasteiger partial charge in [0.25, 0.3) is 0 Å². The van der Waals surface area contributed by atoms with Crippen LogP contribution >= 0.6 is 35.3 Å². The molecule has 0 radical (unpaired) electrons. The maximum absolute atomic E-state index is 12.0. The van der Waals surface area contributed by atoms with Crippen LogP contribution in [0, 0.1) is 6.92 Å². The Labute approximate surface area is 205 Å². The van der Waals surface area contributed by atoms with Crippen LogP contribution in [0.15, 0.2) is 29.4 Å². The molecule has 0 amide bonds. The van der Waals surface area contributed by atoms with Crippen LogP contribution in [0.1, 0.15) is 60.0 Å². The number of aromatic nitrogens is 2. The summed E-state index contributed by atoms with van der Waals surface area (Å²) >= 11 is 1.36. The Balaban J connectivity index is 0.00000480. The fourth-order valence-electron chi connectivity index (χ4n) is 2.69. The second-order valence-corrected chi connectivity index (χ2v) is 7.69. The highest BCUT2D eigenvalue weighted by molar-refractivity contribution is 14.0. The third kappa shape index (κ3) is 9.38. The van der Waals surface area contributed by atoms with E-state index in [4.69, 9.17) is 4.74 Å². The first-order valence-electron chi connectivity index (χ1n) is 10.4. The number of pyridine rings is 1. The van der Waals surface area contributed by atoms with Crippen molar-refractivity contribution < 1.29 is 9.53 Å². The molecule has 0 fully saturated rings. The topological polar surface area (TPSA) is 101 Å². The minimum Gasteiger partial charge on any atom is -0.462 e. The molecule has 1 unspecified atom stereocenters. The van der Waals surface area contributed by atoms with Gasteiger partial charge in [0.05, 0.1) is 18.3 Å².